The quantitative estimate of drug-likeness (QED) is 0.848. The molecule has 6 rings (SSSR count). The molecule has 0 aromatic heterocycles. The second-order valence-corrected chi connectivity index (χ2v) is 9.29. The van der Waals surface area contributed by atoms with Gasteiger partial charge in [-0.1, -0.05) is 42.5 Å². The molecular weight excluding hydrogens is 372 g/mol. The van der Waals surface area contributed by atoms with Gasteiger partial charge in [0.15, 0.2) is 0 Å². The minimum Gasteiger partial charge on any atom is -0.368 e. The number of rotatable bonds is 3. The lowest BCUT2D eigenvalue weighted by atomic mass is 9.74. The van der Waals surface area contributed by atoms with Crippen LogP contribution in [0.2, 0.25) is 0 Å². The Labute approximate surface area is 179 Å². The smallest absolute Gasteiger partial charge is 0.317 e. The fourth-order valence-electron chi connectivity index (χ4n) is 5.45. The van der Waals surface area contributed by atoms with Gasteiger partial charge in [-0.05, 0) is 62.0 Å². The predicted molar refractivity (Wildman–Crippen MR) is 122 cm³/mol. The first-order valence-electron chi connectivity index (χ1n) is 11.3. The predicted octanol–water partition coefficient (Wildman–Crippen LogP) is 3.67. The average molecular weight is 405 g/mol. The summed E-state index contributed by atoms with van der Waals surface area (Å²) in [4.78, 5) is 19.8. The van der Waals surface area contributed by atoms with E-state index in [0.717, 1.165) is 32.7 Å². The molecule has 0 saturated carbocycles. The molecule has 5 heteroatoms. The minimum absolute atomic E-state index is 0.0714. The van der Waals surface area contributed by atoms with Gasteiger partial charge in [-0.2, -0.15) is 0 Å². The standard InChI is InChI=1S/C25H32N4O/c1-25(19-27-13-11-22(25)12-14-27)26-24(30)29-17-15-28(16-18-29)23-9-7-21(8-10-23)20-5-3-2-4-6-20/h2-10,22H,11-19H2,1H3,(H,26,30). The molecule has 158 valence electrons. The van der Waals surface area contributed by atoms with Gasteiger partial charge >= 0.3 is 6.03 Å². The highest BCUT2D eigenvalue weighted by atomic mass is 16.2. The molecule has 4 saturated heterocycles. The van der Waals surface area contributed by atoms with Crippen molar-refractivity contribution in [3.8, 4) is 11.1 Å². The monoisotopic (exact) mass is 404 g/mol. The van der Waals surface area contributed by atoms with E-state index in [4.69, 9.17) is 0 Å². The Morgan fingerprint density at radius 1 is 0.867 bits per heavy atom. The first kappa shape index (κ1) is 19.4. The number of nitrogens with zero attached hydrogens (tertiary/aromatic N) is 3. The summed E-state index contributed by atoms with van der Waals surface area (Å²) in [6.07, 6.45) is 2.42. The number of amides is 2. The molecule has 2 amide bonds. The van der Waals surface area contributed by atoms with Crippen LogP contribution in [0.5, 0.6) is 0 Å². The molecule has 0 radical (unpaired) electrons. The molecule has 0 spiro atoms. The zero-order valence-corrected chi connectivity index (χ0v) is 17.9. The maximum absolute atomic E-state index is 13.0. The molecule has 2 aromatic carbocycles. The van der Waals surface area contributed by atoms with Gasteiger partial charge in [0.05, 0.1) is 5.54 Å². The van der Waals surface area contributed by atoms with Crippen LogP contribution >= 0.6 is 0 Å². The number of anilines is 1. The Morgan fingerprint density at radius 2 is 1.50 bits per heavy atom. The van der Waals surface area contributed by atoms with Crippen LogP contribution < -0.4 is 10.2 Å². The number of fused-ring (bicyclic) bond motifs is 3. The molecule has 5 nitrogen and oxygen atoms in total. The van der Waals surface area contributed by atoms with Crippen LogP contribution in [0.1, 0.15) is 19.8 Å². The number of nitrogens with one attached hydrogen (secondary N) is 1. The normalized spacial score (nSPS) is 28.4. The van der Waals surface area contributed by atoms with E-state index in [1.807, 2.05) is 11.0 Å². The first-order chi connectivity index (χ1) is 14.6. The van der Waals surface area contributed by atoms with Crippen LogP contribution in [-0.4, -0.2) is 67.2 Å². The van der Waals surface area contributed by atoms with E-state index in [0.29, 0.717) is 5.92 Å². The van der Waals surface area contributed by atoms with Gasteiger partial charge in [0, 0.05) is 38.4 Å². The fraction of sp³-hybridized carbons (Fsp3) is 0.480. The second-order valence-electron chi connectivity index (χ2n) is 9.29. The third-order valence-corrected chi connectivity index (χ3v) is 7.34. The van der Waals surface area contributed by atoms with E-state index in [9.17, 15) is 4.79 Å². The lowest BCUT2D eigenvalue weighted by molar-refractivity contribution is 0.0198. The van der Waals surface area contributed by atoms with E-state index in [2.05, 4.69) is 70.6 Å². The molecule has 1 atom stereocenters. The van der Waals surface area contributed by atoms with E-state index in [-0.39, 0.29) is 11.6 Å². The third-order valence-electron chi connectivity index (χ3n) is 7.34. The van der Waals surface area contributed by atoms with Crippen molar-refractivity contribution in [1.82, 2.24) is 15.1 Å². The van der Waals surface area contributed by atoms with Crippen molar-refractivity contribution in [1.29, 1.82) is 0 Å². The summed E-state index contributed by atoms with van der Waals surface area (Å²) in [5.41, 5.74) is 3.65. The SMILES string of the molecule is CC1(NC(=O)N2CCN(c3ccc(-c4ccccc4)cc3)CC2)CN2CCC1CC2. The van der Waals surface area contributed by atoms with Crippen LogP contribution in [0.15, 0.2) is 54.6 Å². The maximum atomic E-state index is 13.0. The minimum atomic E-state index is -0.0714. The Morgan fingerprint density at radius 3 is 2.10 bits per heavy atom. The van der Waals surface area contributed by atoms with Crippen LogP contribution in [0.25, 0.3) is 11.1 Å². The van der Waals surface area contributed by atoms with E-state index < -0.39 is 0 Å². The van der Waals surface area contributed by atoms with E-state index in [1.165, 1.54) is 42.7 Å². The zero-order chi connectivity index (χ0) is 20.6. The summed E-state index contributed by atoms with van der Waals surface area (Å²) in [6.45, 7) is 8.93. The Balaban J connectivity index is 1.17. The molecule has 1 unspecified atom stereocenters. The van der Waals surface area contributed by atoms with Gasteiger partial charge < -0.3 is 20.0 Å². The molecule has 1 N–H and O–H groups in total. The Kier molecular flexibility index (Phi) is 5.15. The summed E-state index contributed by atoms with van der Waals surface area (Å²) in [5.74, 6) is 0.621. The summed E-state index contributed by atoms with van der Waals surface area (Å²) in [5, 5.41) is 3.40. The number of benzene rings is 2. The molecule has 4 aliphatic heterocycles. The van der Waals surface area contributed by atoms with Gasteiger partial charge in [0.1, 0.15) is 0 Å². The van der Waals surface area contributed by atoms with Crippen molar-refractivity contribution < 1.29 is 4.79 Å². The van der Waals surface area contributed by atoms with Gasteiger partial charge in [-0.15, -0.1) is 0 Å². The summed E-state index contributed by atoms with van der Waals surface area (Å²) in [7, 11) is 0. The number of carbonyl (C=O) groups is 1. The maximum Gasteiger partial charge on any atom is 0.317 e. The topological polar surface area (TPSA) is 38.8 Å². The highest BCUT2D eigenvalue weighted by Crippen LogP contribution is 2.35. The molecule has 4 fully saturated rings. The number of carbonyl (C=O) groups excluding carboxylic acids is 1. The van der Waals surface area contributed by atoms with Gasteiger partial charge in [-0.25, -0.2) is 4.79 Å². The fourth-order valence-corrected chi connectivity index (χ4v) is 5.45. The number of piperidine rings is 3. The number of hydrogen-bond donors (Lipinski definition) is 1. The Hall–Kier alpha value is -2.53. The summed E-state index contributed by atoms with van der Waals surface area (Å²) >= 11 is 0. The Bertz CT molecular complexity index is 868. The van der Waals surface area contributed by atoms with Crippen molar-refractivity contribution >= 4 is 11.7 Å². The molecular formula is C25H32N4O. The first-order valence-corrected chi connectivity index (χ1v) is 11.3. The number of hydrogen-bond acceptors (Lipinski definition) is 3. The highest BCUT2D eigenvalue weighted by molar-refractivity contribution is 5.75. The van der Waals surface area contributed by atoms with Crippen LogP contribution in [0.4, 0.5) is 10.5 Å². The molecule has 4 heterocycles. The van der Waals surface area contributed by atoms with Gasteiger partial charge in [0.2, 0.25) is 0 Å². The summed E-state index contributed by atoms with van der Waals surface area (Å²) in [6, 6.07) is 19.4. The van der Waals surface area contributed by atoms with E-state index >= 15 is 0 Å². The average Bonchev–Trinajstić information content (AvgIpc) is 2.80. The number of piperazine rings is 1. The molecule has 2 bridgehead atoms. The summed E-state index contributed by atoms with van der Waals surface area (Å²) < 4.78 is 0. The largest absolute Gasteiger partial charge is 0.368 e. The van der Waals surface area contributed by atoms with Crippen LogP contribution in [0, 0.1) is 5.92 Å². The lowest BCUT2D eigenvalue weighted by Crippen LogP contribution is -2.67. The van der Waals surface area contributed by atoms with E-state index in [1.54, 1.807) is 0 Å². The molecule has 2 aromatic rings. The van der Waals surface area contributed by atoms with Gasteiger partial charge in [-0.3, -0.25) is 0 Å². The second kappa shape index (κ2) is 7.95. The molecule has 30 heavy (non-hydrogen) atoms. The molecule has 0 aliphatic carbocycles. The zero-order valence-electron chi connectivity index (χ0n) is 17.9. The number of urea groups is 1. The van der Waals surface area contributed by atoms with Gasteiger partial charge in [0.25, 0.3) is 0 Å². The lowest BCUT2D eigenvalue weighted by Gasteiger charge is -2.52. The van der Waals surface area contributed by atoms with Crippen molar-refractivity contribution in [2.45, 2.75) is 25.3 Å². The van der Waals surface area contributed by atoms with Crippen LogP contribution in [0.3, 0.4) is 0 Å². The van der Waals surface area contributed by atoms with Crippen molar-refractivity contribution in [2.24, 2.45) is 5.92 Å². The highest BCUT2D eigenvalue weighted by Gasteiger charge is 2.44. The van der Waals surface area contributed by atoms with Crippen molar-refractivity contribution in [3.63, 3.8) is 0 Å². The van der Waals surface area contributed by atoms with Crippen molar-refractivity contribution in [2.75, 3.05) is 50.7 Å². The van der Waals surface area contributed by atoms with Crippen molar-refractivity contribution in [3.05, 3.63) is 54.6 Å². The molecule has 4 aliphatic rings. The third kappa shape index (κ3) is 3.79. The van der Waals surface area contributed by atoms with Crippen LogP contribution in [-0.2, 0) is 0 Å².